The van der Waals surface area contributed by atoms with E-state index in [1.807, 2.05) is 26.5 Å². The van der Waals surface area contributed by atoms with E-state index in [0.717, 1.165) is 45.2 Å². The number of nitrogens with one attached hydrogen (secondary N) is 1. The molecule has 4 heteroatoms. The predicted molar refractivity (Wildman–Crippen MR) is 80.4 cm³/mol. The first-order valence-electron chi connectivity index (χ1n) is 7.45. The molecule has 2 heterocycles. The molecule has 1 aliphatic heterocycles. The summed E-state index contributed by atoms with van der Waals surface area (Å²) in [5.74, 6) is 0.277. The van der Waals surface area contributed by atoms with Gasteiger partial charge in [0.15, 0.2) is 0 Å². The van der Waals surface area contributed by atoms with Crippen LogP contribution in [0.5, 0.6) is 0 Å². The second-order valence-corrected chi connectivity index (χ2v) is 5.97. The van der Waals surface area contributed by atoms with E-state index in [1.54, 1.807) is 4.90 Å². The van der Waals surface area contributed by atoms with Crippen molar-refractivity contribution in [2.75, 3.05) is 27.2 Å². The van der Waals surface area contributed by atoms with Crippen molar-refractivity contribution in [3.8, 4) is 0 Å². The number of piperidine rings is 1. The van der Waals surface area contributed by atoms with Crippen LogP contribution in [0.25, 0.3) is 0 Å². The molecule has 1 saturated heterocycles. The van der Waals surface area contributed by atoms with E-state index in [2.05, 4.69) is 22.4 Å². The first-order valence-corrected chi connectivity index (χ1v) is 7.45. The van der Waals surface area contributed by atoms with E-state index in [0.29, 0.717) is 0 Å². The Balaban J connectivity index is 1.96. The van der Waals surface area contributed by atoms with E-state index < -0.39 is 0 Å². The molecule has 20 heavy (non-hydrogen) atoms. The van der Waals surface area contributed by atoms with Crippen molar-refractivity contribution in [3.63, 3.8) is 0 Å². The number of carbonyl (C=O) groups is 1. The maximum atomic E-state index is 12.5. The highest BCUT2D eigenvalue weighted by Crippen LogP contribution is 2.33. The monoisotopic (exact) mass is 275 g/mol. The van der Waals surface area contributed by atoms with E-state index in [4.69, 9.17) is 0 Å². The number of aromatic nitrogens is 1. The number of nitrogens with zero attached hydrogens (tertiary/aromatic N) is 2. The number of carbonyl (C=O) groups excluding carboxylic acids is 1. The minimum Gasteiger partial charge on any atom is -0.348 e. The Hall–Kier alpha value is -1.42. The first-order chi connectivity index (χ1) is 9.64. The van der Waals surface area contributed by atoms with Gasteiger partial charge in [-0.05, 0) is 56.3 Å². The number of amides is 1. The molecule has 0 unspecified atom stereocenters. The fourth-order valence-corrected chi connectivity index (χ4v) is 3.13. The normalized spacial score (nSPS) is 22.5. The highest BCUT2D eigenvalue weighted by Gasteiger charge is 2.39. The maximum Gasteiger partial charge on any atom is 0.229 e. The number of aryl methyl sites for hydroxylation is 1. The molecule has 0 bridgehead atoms. The molecule has 110 valence electrons. The standard InChI is InChI=1S/C16H25N3O/c1-19(2)15(20)16(9-4-10-18-13-16)8-3-5-14-6-11-17-12-7-14/h6-7,11-12,18H,3-5,8-10,13H2,1-2H3/t16-/m0/s1. The van der Waals surface area contributed by atoms with Crippen LogP contribution in [0, 0.1) is 5.41 Å². The van der Waals surface area contributed by atoms with Gasteiger partial charge in [-0.2, -0.15) is 0 Å². The summed E-state index contributed by atoms with van der Waals surface area (Å²) < 4.78 is 0. The Morgan fingerprint density at radius 1 is 1.40 bits per heavy atom. The molecule has 1 amide bonds. The van der Waals surface area contributed by atoms with Gasteiger partial charge in [0.1, 0.15) is 0 Å². The molecule has 2 rings (SSSR count). The fraction of sp³-hybridized carbons (Fsp3) is 0.625. The van der Waals surface area contributed by atoms with Crippen molar-refractivity contribution in [1.82, 2.24) is 15.2 Å². The largest absolute Gasteiger partial charge is 0.348 e. The first kappa shape index (κ1) is 15.0. The maximum absolute atomic E-state index is 12.5. The summed E-state index contributed by atoms with van der Waals surface area (Å²) in [6, 6.07) is 4.11. The van der Waals surface area contributed by atoms with Crippen molar-refractivity contribution >= 4 is 5.91 Å². The topological polar surface area (TPSA) is 45.2 Å². The van der Waals surface area contributed by atoms with Crippen LogP contribution >= 0.6 is 0 Å². The summed E-state index contributed by atoms with van der Waals surface area (Å²) in [5, 5.41) is 3.40. The Kier molecular flexibility index (Phi) is 5.12. The molecule has 1 atom stereocenters. The van der Waals surface area contributed by atoms with Gasteiger partial charge in [0.25, 0.3) is 0 Å². The SMILES string of the molecule is CN(C)C(=O)[C@@]1(CCCc2ccncc2)CCCNC1. The van der Waals surface area contributed by atoms with Gasteiger partial charge in [0.2, 0.25) is 5.91 Å². The van der Waals surface area contributed by atoms with E-state index in [9.17, 15) is 4.79 Å². The summed E-state index contributed by atoms with van der Waals surface area (Å²) >= 11 is 0. The van der Waals surface area contributed by atoms with E-state index in [1.165, 1.54) is 5.56 Å². The van der Waals surface area contributed by atoms with Crippen LogP contribution in [0.4, 0.5) is 0 Å². The highest BCUT2D eigenvalue weighted by atomic mass is 16.2. The van der Waals surface area contributed by atoms with Gasteiger partial charge in [-0.1, -0.05) is 0 Å². The second kappa shape index (κ2) is 6.84. The third-order valence-corrected chi connectivity index (χ3v) is 4.20. The van der Waals surface area contributed by atoms with Gasteiger partial charge < -0.3 is 10.2 Å². The Bertz CT molecular complexity index is 425. The van der Waals surface area contributed by atoms with Crippen molar-refractivity contribution in [1.29, 1.82) is 0 Å². The average molecular weight is 275 g/mol. The quantitative estimate of drug-likeness (QED) is 0.892. The number of rotatable bonds is 5. The number of pyridine rings is 1. The summed E-state index contributed by atoms with van der Waals surface area (Å²) in [5.41, 5.74) is 1.10. The molecule has 0 radical (unpaired) electrons. The van der Waals surface area contributed by atoms with Gasteiger partial charge in [-0.25, -0.2) is 0 Å². The zero-order valence-corrected chi connectivity index (χ0v) is 12.6. The molecular formula is C16H25N3O. The Morgan fingerprint density at radius 2 is 2.15 bits per heavy atom. The minimum atomic E-state index is -0.200. The number of hydrogen-bond acceptors (Lipinski definition) is 3. The summed E-state index contributed by atoms with van der Waals surface area (Å²) in [6.07, 6.45) is 8.79. The van der Waals surface area contributed by atoms with Gasteiger partial charge in [-0.3, -0.25) is 9.78 Å². The zero-order chi connectivity index (χ0) is 14.4. The molecule has 1 aromatic rings. The van der Waals surface area contributed by atoms with Gasteiger partial charge >= 0.3 is 0 Å². The molecule has 1 N–H and O–H groups in total. The summed E-state index contributed by atoms with van der Waals surface area (Å²) in [7, 11) is 3.73. The lowest BCUT2D eigenvalue weighted by atomic mass is 9.75. The van der Waals surface area contributed by atoms with Gasteiger partial charge in [0, 0.05) is 33.0 Å². The molecule has 1 aromatic heterocycles. The molecule has 4 nitrogen and oxygen atoms in total. The third-order valence-electron chi connectivity index (χ3n) is 4.20. The highest BCUT2D eigenvalue weighted by molar-refractivity contribution is 5.82. The summed E-state index contributed by atoms with van der Waals surface area (Å²) in [4.78, 5) is 18.3. The van der Waals surface area contributed by atoms with Crippen LogP contribution in [0.1, 0.15) is 31.2 Å². The van der Waals surface area contributed by atoms with Crippen molar-refractivity contribution in [2.45, 2.75) is 32.1 Å². The van der Waals surface area contributed by atoms with Crippen LogP contribution in [-0.2, 0) is 11.2 Å². The van der Waals surface area contributed by atoms with Gasteiger partial charge in [-0.15, -0.1) is 0 Å². The molecular weight excluding hydrogens is 250 g/mol. The van der Waals surface area contributed by atoms with Crippen molar-refractivity contribution < 1.29 is 4.79 Å². The minimum absolute atomic E-state index is 0.200. The summed E-state index contributed by atoms with van der Waals surface area (Å²) in [6.45, 7) is 1.85. The smallest absolute Gasteiger partial charge is 0.229 e. The average Bonchev–Trinajstić information content (AvgIpc) is 2.48. The molecule has 0 aliphatic carbocycles. The van der Waals surface area contributed by atoms with Crippen LogP contribution in [0.15, 0.2) is 24.5 Å². The van der Waals surface area contributed by atoms with E-state index in [-0.39, 0.29) is 11.3 Å². The lowest BCUT2D eigenvalue weighted by Crippen LogP contribution is -2.50. The van der Waals surface area contributed by atoms with Crippen LogP contribution < -0.4 is 5.32 Å². The lowest BCUT2D eigenvalue weighted by molar-refractivity contribution is -0.141. The molecule has 0 saturated carbocycles. The molecule has 0 spiro atoms. The van der Waals surface area contributed by atoms with Crippen LogP contribution in [0.2, 0.25) is 0 Å². The molecule has 1 aliphatic rings. The Morgan fingerprint density at radius 3 is 2.75 bits per heavy atom. The molecule has 0 aromatic carbocycles. The van der Waals surface area contributed by atoms with Gasteiger partial charge in [0.05, 0.1) is 5.41 Å². The third kappa shape index (κ3) is 3.57. The Labute approximate surface area is 121 Å². The second-order valence-electron chi connectivity index (χ2n) is 5.97. The van der Waals surface area contributed by atoms with Crippen molar-refractivity contribution in [3.05, 3.63) is 30.1 Å². The zero-order valence-electron chi connectivity index (χ0n) is 12.6. The fourth-order valence-electron chi connectivity index (χ4n) is 3.13. The number of hydrogen-bond donors (Lipinski definition) is 1. The molecule has 1 fully saturated rings. The van der Waals surface area contributed by atoms with Crippen LogP contribution in [-0.4, -0.2) is 43.0 Å². The predicted octanol–water partition coefficient (Wildman–Crippen LogP) is 1.86. The lowest BCUT2D eigenvalue weighted by Gasteiger charge is -2.38. The van der Waals surface area contributed by atoms with E-state index >= 15 is 0 Å². The van der Waals surface area contributed by atoms with Crippen molar-refractivity contribution in [2.24, 2.45) is 5.41 Å². The van der Waals surface area contributed by atoms with Crippen LogP contribution in [0.3, 0.4) is 0 Å².